The van der Waals surface area contributed by atoms with E-state index in [0.29, 0.717) is 11.6 Å². The molecule has 0 aliphatic carbocycles. The molecule has 1 atom stereocenters. The summed E-state index contributed by atoms with van der Waals surface area (Å²) in [4.78, 5) is 25.7. The van der Waals surface area contributed by atoms with Crippen molar-refractivity contribution >= 4 is 11.8 Å². The minimum Gasteiger partial charge on any atom is -0.313 e. The number of carbonyl (C=O) groups excluding carboxylic acids is 2. The number of nitrogens with one attached hydrogen (secondary N) is 2. The number of nitrogens with zero attached hydrogens (tertiary/aromatic N) is 1. The molecular weight excluding hydrogens is 266 g/mol. The maximum absolute atomic E-state index is 11.9. The Bertz CT molecular complexity index is 470. The Balaban J connectivity index is 1.74. The number of likely N-dealkylation sites (N-methyl/N-ethyl adjacent to an activating group) is 1. The van der Waals surface area contributed by atoms with Crippen LogP contribution in [0, 0.1) is 0 Å². The summed E-state index contributed by atoms with van der Waals surface area (Å²) in [7, 11) is 1.91. The zero-order valence-corrected chi connectivity index (χ0v) is 12.5. The summed E-state index contributed by atoms with van der Waals surface area (Å²) in [6, 6.07) is 9.22. The van der Waals surface area contributed by atoms with Crippen molar-refractivity contribution in [3.8, 4) is 0 Å². The molecule has 1 aromatic rings. The number of carbonyl (C=O) groups is 2. The summed E-state index contributed by atoms with van der Waals surface area (Å²) in [5.41, 5.74) is 0.502. The van der Waals surface area contributed by atoms with Crippen LogP contribution in [0.5, 0.6) is 0 Å². The van der Waals surface area contributed by atoms with Gasteiger partial charge in [-0.15, -0.1) is 0 Å². The second-order valence-corrected chi connectivity index (χ2v) is 5.59. The predicted octanol–water partition coefficient (Wildman–Crippen LogP) is 1.02. The van der Waals surface area contributed by atoms with Crippen molar-refractivity contribution < 1.29 is 9.59 Å². The maximum atomic E-state index is 11.9. The Labute approximate surface area is 125 Å². The molecule has 21 heavy (non-hydrogen) atoms. The smallest absolute Gasteiger partial charge is 0.257 e. The lowest BCUT2D eigenvalue weighted by Crippen LogP contribution is -2.46. The first kappa shape index (κ1) is 15.7. The monoisotopic (exact) mass is 289 g/mol. The van der Waals surface area contributed by atoms with E-state index in [9.17, 15) is 9.59 Å². The van der Waals surface area contributed by atoms with Crippen molar-refractivity contribution in [2.75, 3.05) is 26.7 Å². The van der Waals surface area contributed by atoms with Gasteiger partial charge in [0.2, 0.25) is 5.91 Å². The third kappa shape index (κ3) is 5.28. The second kappa shape index (κ2) is 7.90. The zero-order chi connectivity index (χ0) is 15.1. The molecule has 1 aliphatic heterocycles. The van der Waals surface area contributed by atoms with Gasteiger partial charge >= 0.3 is 0 Å². The van der Waals surface area contributed by atoms with Gasteiger partial charge in [-0.1, -0.05) is 24.6 Å². The fourth-order valence-electron chi connectivity index (χ4n) is 2.59. The molecule has 2 N–H and O–H groups in total. The van der Waals surface area contributed by atoms with Crippen molar-refractivity contribution in [2.45, 2.75) is 25.3 Å². The number of rotatable bonds is 5. The van der Waals surface area contributed by atoms with E-state index in [-0.39, 0.29) is 18.4 Å². The molecule has 1 unspecified atom stereocenters. The number of hydrogen-bond donors (Lipinski definition) is 2. The summed E-state index contributed by atoms with van der Waals surface area (Å²) in [5, 5.41) is 5.87. The van der Waals surface area contributed by atoms with Gasteiger partial charge in [0.25, 0.3) is 5.91 Å². The number of benzene rings is 1. The van der Waals surface area contributed by atoms with Crippen LogP contribution >= 0.6 is 0 Å². The summed E-state index contributed by atoms with van der Waals surface area (Å²) in [6.45, 7) is 2.11. The quantitative estimate of drug-likeness (QED) is 0.849. The third-order valence-electron chi connectivity index (χ3n) is 3.65. The number of amides is 2. The van der Waals surface area contributed by atoms with E-state index in [2.05, 4.69) is 10.6 Å². The Morgan fingerprint density at radius 2 is 2.05 bits per heavy atom. The minimum absolute atomic E-state index is 0.233. The molecule has 0 bridgehead atoms. The number of hydrogen-bond acceptors (Lipinski definition) is 4. The molecule has 1 saturated heterocycles. The molecule has 1 aromatic carbocycles. The van der Waals surface area contributed by atoms with Crippen molar-refractivity contribution in [3.05, 3.63) is 35.9 Å². The van der Waals surface area contributed by atoms with Crippen molar-refractivity contribution in [3.63, 3.8) is 0 Å². The van der Waals surface area contributed by atoms with Gasteiger partial charge in [-0.3, -0.25) is 19.8 Å². The van der Waals surface area contributed by atoms with Crippen LogP contribution in [0.15, 0.2) is 30.3 Å². The van der Waals surface area contributed by atoms with Crippen LogP contribution in [0.2, 0.25) is 0 Å². The van der Waals surface area contributed by atoms with Gasteiger partial charge in [0.15, 0.2) is 0 Å². The first-order valence-corrected chi connectivity index (χ1v) is 7.46. The maximum Gasteiger partial charge on any atom is 0.257 e. The molecule has 0 aromatic heterocycles. The largest absolute Gasteiger partial charge is 0.313 e. The molecule has 1 fully saturated rings. The van der Waals surface area contributed by atoms with Crippen LogP contribution in [0.3, 0.4) is 0 Å². The lowest BCUT2D eigenvalue weighted by Gasteiger charge is -2.27. The first-order chi connectivity index (χ1) is 10.1. The van der Waals surface area contributed by atoms with E-state index in [1.165, 1.54) is 12.8 Å². The second-order valence-electron chi connectivity index (χ2n) is 5.59. The van der Waals surface area contributed by atoms with Gasteiger partial charge in [-0.2, -0.15) is 0 Å². The highest BCUT2D eigenvalue weighted by molar-refractivity contribution is 6.05. The Morgan fingerprint density at radius 1 is 1.29 bits per heavy atom. The Kier molecular flexibility index (Phi) is 5.90. The van der Waals surface area contributed by atoms with E-state index in [4.69, 9.17) is 0 Å². The van der Waals surface area contributed by atoms with Gasteiger partial charge in [0.05, 0.1) is 6.54 Å². The molecule has 1 heterocycles. The average molecular weight is 289 g/mol. The highest BCUT2D eigenvalue weighted by Gasteiger charge is 2.17. The SMILES string of the molecule is CN(CC(=O)NC(=O)c1ccccc1)CC1CCCCN1. The minimum atomic E-state index is -0.343. The lowest BCUT2D eigenvalue weighted by molar-refractivity contribution is -0.121. The topological polar surface area (TPSA) is 61.4 Å². The molecule has 1 aliphatic rings. The Hall–Kier alpha value is -1.72. The first-order valence-electron chi connectivity index (χ1n) is 7.46. The van der Waals surface area contributed by atoms with E-state index in [0.717, 1.165) is 19.5 Å². The fourth-order valence-corrected chi connectivity index (χ4v) is 2.59. The van der Waals surface area contributed by atoms with Gasteiger partial charge in [-0.25, -0.2) is 0 Å². The highest BCUT2D eigenvalue weighted by atomic mass is 16.2. The van der Waals surface area contributed by atoms with Crippen LogP contribution in [-0.2, 0) is 4.79 Å². The summed E-state index contributed by atoms with van der Waals surface area (Å²) < 4.78 is 0. The number of imide groups is 1. The van der Waals surface area contributed by atoms with Gasteiger partial charge < -0.3 is 5.32 Å². The molecule has 0 saturated carbocycles. The predicted molar refractivity (Wildman–Crippen MR) is 82.1 cm³/mol. The third-order valence-corrected chi connectivity index (χ3v) is 3.65. The number of piperidine rings is 1. The molecule has 114 valence electrons. The summed E-state index contributed by atoms with van der Waals surface area (Å²) >= 11 is 0. The van der Waals surface area contributed by atoms with Gasteiger partial charge in [-0.05, 0) is 38.6 Å². The van der Waals surface area contributed by atoms with Crippen LogP contribution in [0.1, 0.15) is 29.6 Å². The van der Waals surface area contributed by atoms with Crippen molar-refractivity contribution in [1.82, 2.24) is 15.5 Å². The highest BCUT2D eigenvalue weighted by Crippen LogP contribution is 2.07. The van der Waals surface area contributed by atoms with E-state index < -0.39 is 0 Å². The van der Waals surface area contributed by atoms with Crippen molar-refractivity contribution in [1.29, 1.82) is 0 Å². The van der Waals surface area contributed by atoms with Crippen LogP contribution in [-0.4, -0.2) is 49.4 Å². The van der Waals surface area contributed by atoms with E-state index in [1.807, 2.05) is 18.0 Å². The summed E-state index contributed by atoms with van der Waals surface area (Å²) in [5.74, 6) is -0.605. The average Bonchev–Trinajstić information content (AvgIpc) is 2.48. The van der Waals surface area contributed by atoms with Crippen LogP contribution < -0.4 is 10.6 Å². The van der Waals surface area contributed by atoms with Crippen LogP contribution in [0.25, 0.3) is 0 Å². The summed E-state index contributed by atoms with van der Waals surface area (Å²) in [6.07, 6.45) is 3.62. The van der Waals surface area contributed by atoms with Gasteiger partial charge in [0.1, 0.15) is 0 Å². The molecule has 5 nitrogen and oxygen atoms in total. The van der Waals surface area contributed by atoms with Crippen LogP contribution in [0.4, 0.5) is 0 Å². The standard InChI is InChI=1S/C16H23N3O2/c1-19(11-14-9-5-6-10-17-14)12-15(20)18-16(21)13-7-3-2-4-8-13/h2-4,7-8,14,17H,5-6,9-12H2,1H3,(H,18,20,21). The fraction of sp³-hybridized carbons (Fsp3) is 0.500. The molecule has 0 spiro atoms. The lowest BCUT2D eigenvalue weighted by atomic mass is 10.0. The normalized spacial score (nSPS) is 18.5. The molecule has 2 amide bonds. The Morgan fingerprint density at radius 3 is 2.71 bits per heavy atom. The molecular formula is C16H23N3O2. The van der Waals surface area contributed by atoms with E-state index >= 15 is 0 Å². The van der Waals surface area contributed by atoms with E-state index in [1.54, 1.807) is 24.3 Å². The molecule has 5 heteroatoms. The van der Waals surface area contributed by atoms with Crippen molar-refractivity contribution in [2.24, 2.45) is 0 Å². The van der Waals surface area contributed by atoms with Gasteiger partial charge in [0, 0.05) is 18.2 Å². The molecule has 2 rings (SSSR count). The zero-order valence-electron chi connectivity index (χ0n) is 12.5. The molecule has 0 radical (unpaired) electrons.